The van der Waals surface area contributed by atoms with Crippen LogP contribution in [0.5, 0.6) is 5.75 Å². The lowest BCUT2D eigenvalue weighted by Gasteiger charge is -2.12. The van der Waals surface area contributed by atoms with Crippen molar-refractivity contribution in [1.29, 1.82) is 0 Å². The van der Waals surface area contributed by atoms with Crippen LogP contribution in [-0.4, -0.2) is 50.1 Å². The number of nitrogens with zero attached hydrogens (tertiary/aromatic N) is 3. The summed E-state index contributed by atoms with van der Waals surface area (Å²) in [6.45, 7) is 4.97. The molecule has 0 saturated carbocycles. The molecule has 0 aromatic carbocycles. The van der Waals surface area contributed by atoms with Crippen LogP contribution in [0.3, 0.4) is 0 Å². The molecule has 0 spiro atoms. The molecule has 1 aliphatic rings. The van der Waals surface area contributed by atoms with E-state index in [1.165, 1.54) is 6.07 Å². The van der Waals surface area contributed by atoms with Crippen molar-refractivity contribution >= 4 is 11.5 Å². The fourth-order valence-corrected chi connectivity index (χ4v) is 2.91. The van der Waals surface area contributed by atoms with Gasteiger partial charge in [-0.25, -0.2) is 9.78 Å². The fraction of sp³-hybridized carbons (Fsp3) is 0.429. The van der Waals surface area contributed by atoms with Crippen LogP contribution in [0.2, 0.25) is 0 Å². The van der Waals surface area contributed by atoms with Gasteiger partial charge >= 0.3 is 5.97 Å². The zero-order chi connectivity index (χ0) is 14.3. The Morgan fingerprint density at radius 1 is 1.55 bits per heavy atom. The molecule has 0 aliphatic carbocycles. The molecule has 20 heavy (non-hydrogen) atoms. The molecule has 6 nitrogen and oxygen atoms in total. The van der Waals surface area contributed by atoms with Crippen LogP contribution >= 0.6 is 0 Å². The van der Waals surface area contributed by atoms with Gasteiger partial charge in [-0.2, -0.15) is 0 Å². The Kier molecular flexibility index (Phi) is 3.10. The van der Waals surface area contributed by atoms with Crippen molar-refractivity contribution in [3.8, 4) is 5.75 Å². The lowest BCUT2D eigenvalue weighted by molar-refractivity contribution is 0.0692. The van der Waals surface area contributed by atoms with Gasteiger partial charge in [0.05, 0.1) is 0 Å². The number of hydrogen-bond donors (Lipinski definition) is 2. The second-order valence-corrected chi connectivity index (χ2v) is 5.11. The van der Waals surface area contributed by atoms with Gasteiger partial charge in [0.2, 0.25) is 0 Å². The SMILES string of the molecule is CCN1CCC(c2nc(C(=O)O)c3c(O)cccn23)C1. The monoisotopic (exact) mass is 275 g/mol. The zero-order valence-electron chi connectivity index (χ0n) is 11.3. The number of fused-ring (bicyclic) bond motifs is 1. The molecule has 3 rings (SSSR count). The highest BCUT2D eigenvalue weighted by atomic mass is 16.4. The number of imidazole rings is 1. The van der Waals surface area contributed by atoms with Gasteiger partial charge in [0, 0.05) is 18.7 Å². The predicted molar refractivity (Wildman–Crippen MR) is 73.3 cm³/mol. The molecule has 1 saturated heterocycles. The molecular weight excluding hydrogens is 258 g/mol. The summed E-state index contributed by atoms with van der Waals surface area (Å²) >= 11 is 0. The first kappa shape index (κ1) is 12.9. The molecule has 2 aromatic heterocycles. The number of hydrogen-bond acceptors (Lipinski definition) is 4. The molecule has 3 heterocycles. The number of likely N-dealkylation sites (tertiary alicyclic amines) is 1. The lowest BCUT2D eigenvalue weighted by Crippen LogP contribution is -2.19. The van der Waals surface area contributed by atoms with Gasteiger partial charge in [-0.15, -0.1) is 0 Å². The first-order valence-electron chi connectivity index (χ1n) is 6.77. The smallest absolute Gasteiger partial charge is 0.356 e. The van der Waals surface area contributed by atoms with E-state index in [4.69, 9.17) is 0 Å². The van der Waals surface area contributed by atoms with Crippen molar-refractivity contribution in [2.75, 3.05) is 19.6 Å². The molecule has 1 atom stereocenters. The Balaban J connectivity index is 2.12. The summed E-state index contributed by atoms with van der Waals surface area (Å²) in [5.41, 5.74) is 0.206. The number of carboxylic acid groups (broad SMARTS) is 1. The minimum Gasteiger partial charge on any atom is -0.506 e. The standard InChI is InChI=1S/C14H17N3O3/c1-2-16-7-5-9(8-16)13-15-11(14(19)20)12-10(18)4-3-6-17(12)13/h3-4,6,9,18H,2,5,7-8H2,1H3,(H,19,20). The maximum absolute atomic E-state index is 11.3. The summed E-state index contributed by atoms with van der Waals surface area (Å²) in [5.74, 6) is -0.226. The van der Waals surface area contributed by atoms with Gasteiger partial charge < -0.3 is 15.1 Å². The molecule has 0 radical (unpaired) electrons. The van der Waals surface area contributed by atoms with Crippen LogP contribution in [0.4, 0.5) is 0 Å². The number of carboxylic acids is 1. The van der Waals surface area contributed by atoms with Crippen LogP contribution in [0.25, 0.3) is 5.52 Å². The third kappa shape index (κ3) is 1.92. The van der Waals surface area contributed by atoms with Crippen LogP contribution in [0.1, 0.15) is 35.6 Å². The molecule has 6 heteroatoms. The topological polar surface area (TPSA) is 78.1 Å². The Hall–Kier alpha value is -2.08. The van der Waals surface area contributed by atoms with E-state index in [0.717, 1.165) is 31.9 Å². The molecule has 1 fully saturated rings. The quantitative estimate of drug-likeness (QED) is 0.888. The van der Waals surface area contributed by atoms with Gasteiger partial charge in [-0.3, -0.25) is 4.40 Å². The summed E-state index contributed by atoms with van der Waals surface area (Å²) in [5, 5.41) is 19.2. The van der Waals surface area contributed by atoms with Crippen LogP contribution in [-0.2, 0) is 0 Å². The van der Waals surface area contributed by atoms with Crippen LogP contribution < -0.4 is 0 Å². The lowest BCUT2D eigenvalue weighted by atomic mass is 10.1. The molecule has 0 amide bonds. The highest BCUT2D eigenvalue weighted by Crippen LogP contribution is 2.31. The number of aromatic hydroxyl groups is 1. The second-order valence-electron chi connectivity index (χ2n) is 5.11. The molecule has 1 unspecified atom stereocenters. The summed E-state index contributed by atoms with van der Waals surface area (Å²) in [6.07, 6.45) is 2.72. The van der Waals surface area contributed by atoms with E-state index in [9.17, 15) is 15.0 Å². The average Bonchev–Trinajstić information content (AvgIpc) is 3.02. The third-order valence-corrected chi connectivity index (χ3v) is 3.96. The Bertz CT molecular complexity index is 665. The molecule has 2 N–H and O–H groups in total. The second kappa shape index (κ2) is 4.79. The number of carbonyl (C=O) groups is 1. The first-order chi connectivity index (χ1) is 9.61. The van der Waals surface area contributed by atoms with Crippen LogP contribution in [0.15, 0.2) is 18.3 Å². The minimum absolute atomic E-state index is 0.0472. The van der Waals surface area contributed by atoms with Crippen molar-refractivity contribution in [3.63, 3.8) is 0 Å². The van der Waals surface area contributed by atoms with Gasteiger partial charge in [0.15, 0.2) is 5.69 Å². The molecule has 2 aromatic rings. The molecule has 0 bridgehead atoms. The first-order valence-corrected chi connectivity index (χ1v) is 6.77. The number of aromatic carboxylic acids is 1. The van der Waals surface area contributed by atoms with Crippen molar-refractivity contribution in [2.24, 2.45) is 0 Å². The highest BCUT2D eigenvalue weighted by Gasteiger charge is 2.29. The number of rotatable bonds is 3. The third-order valence-electron chi connectivity index (χ3n) is 3.96. The van der Waals surface area contributed by atoms with Crippen molar-refractivity contribution in [3.05, 3.63) is 29.8 Å². The van der Waals surface area contributed by atoms with E-state index in [0.29, 0.717) is 0 Å². The fourth-order valence-electron chi connectivity index (χ4n) is 2.91. The summed E-state index contributed by atoms with van der Waals surface area (Å²) in [6, 6.07) is 3.19. The van der Waals surface area contributed by atoms with Gasteiger partial charge in [0.25, 0.3) is 0 Å². The van der Waals surface area contributed by atoms with E-state index in [2.05, 4.69) is 16.8 Å². The van der Waals surface area contributed by atoms with Crippen molar-refractivity contribution < 1.29 is 15.0 Å². The van der Waals surface area contributed by atoms with Crippen molar-refractivity contribution in [1.82, 2.24) is 14.3 Å². The zero-order valence-corrected chi connectivity index (χ0v) is 11.3. The molecular formula is C14H17N3O3. The molecule has 106 valence electrons. The van der Waals surface area contributed by atoms with Gasteiger partial charge in [-0.1, -0.05) is 6.92 Å². The van der Waals surface area contributed by atoms with Crippen molar-refractivity contribution in [2.45, 2.75) is 19.3 Å². The van der Waals surface area contributed by atoms with E-state index >= 15 is 0 Å². The maximum Gasteiger partial charge on any atom is 0.356 e. The Morgan fingerprint density at radius 3 is 3.00 bits per heavy atom. The minimum atomic E-state index is -1.11. The van der Waals surface area contributed by atoms with Gasteiger partial charge in [0.1, 0.15) is 17.1 Å². The van der Waals surface area contributed by atoms with Gasteiger partial charge in [-0.05, 0) is 31.6 Å². The summed E-state index contributed by atoms with van der Waals surface area (Å²) in [7, 11) is 0. The number of pyridine rings is 1. The van der Waals surface area contributed by atoms with E-state index in [1.807, 2.05) is 0 Å². The normalized spacial score (nSPS) is 19.8. The van der Waals surface area contributed by atoms with E-state index in [-0.39, 0.29) is 22.9 Å². The predicted octanol–water partition coefficient (Wildman–Crippen LogP) is 1.55. The van der Waals surface area contributed by atoms with E-state index < -0.39 is 5.97 Å². The van der Waals surface area contributed by atoms with Crippen LogP contribution in [0, 0.1) is 0 Å². The average molecular weight is 275 g/mol. The highest BCUT2D eigenvalue weighted by molar-refractivity contribution is 5.95. The Labute approximate surface area is 116 Å². The largest absolute Gasteiger partial charge is 0.506 e. The Morgan fingerprint density at radius 2 is 2.35 bits per heavy atom. The summed E-state index contributed by atoms with van der Waals surface area (Å²) in [4.78, 5) is 17.9. The number of likely N-dealkylation sites (N-methyl/N-ethyl adjacent to an activating group) is 1. The summed E-state index contributed by atoms with van der Waals surface area (Å²) < 4.78 is 1.71. The maximum atomic E-state index is 11.3. The number of aromatic nitrogens is 2. The molecule has 1 aliphatic heterocycles. The van der Waals surface area contributed by atoms with E-state index in [1.54, 1.807) is 16.7 Å².